The monoisotopic (exact) mass is 490 g/mol. The van der Waals surface area contributed by atoms with E-state index >= 15 is 0 Å². The maximum Gasteiger partial charge on any atom is 0.253 e. The smallest absolute Gasteiger partial charge is 0.253 e. The number of hydrogen-bond donors (Lipinski definition) is 2. The van der Waals surface area contributed by atoms with Gasteiger partial charge in [0.2, 0.25) is 5.91 Å². The van der Waals surface area contributed by atoms with Gasteiger partial charge in [0.15, 0.2) is 0 Å². The molecule has 2 N–H and O–H groups in total. The number of amides is 2. The minimum atomic E-state index is 0.0694. The zero-order valence-electron chi connectivity index (χ0n) is 22.0. The second kappa shape index (κ2) is 13.0. The van der Waals surface area contributed by atoms with Crippen molar-refractivity contribution in [2.24, 2.45) is 5.92 Å². The molecule has 1 saturated heterocycles. The highest BCUT2D eigenvalue weighted by atomic mass is 16.2. The Morgan fingerprint density at radius 2 is 1.67 bits per heavy atom. The van der Waals surface area contributed by atoms with Gasteiger partial charge in [0, 0.05) is 56.9 Å². The van der Waals surface area contributed by atoms with E-state index in [-0.39, 0.29) is 17.9 Å². The van der Waals surface area contributed by atoms with Crippen LogP contribution in [0.2, 0.25) is 0 Å². The van der Waals surface area contributed by atoms with Crippen LogP contribution in [-0.4, -0.2) is 60.9 Å². The van der Waals surface area contributed by atoms with Crippen LogP contribution in [0, 0.1) is 5.92 Å². The molecule has 6 heteroatoms. The highest BCUT2D eigenvalue weighted by Gasteiger charge is 2.25. The van der Waals surface area contributed by atoms with Crippen LogP contribution >= 0.6 is 0 Å². The first-order chi connectivity index (χ1) is 17.6. The van der Waals surface area contributed by atoms with Gasteiger partial charge in [0.25, 0.3) is 5.91 Å². The summed E-state index contributed by atoms with van der Waals surface area (Å²) < 4.78 is 0. The van der Waals surface area contributed by atoms with Gasteiger partial charge in [-0.3, -0.25) is 14.5 Å². The van der Waals surface area contributed by atoms with Crippen molar-refractivity contribution in [1.82, 2.24) is 15.1 Å². The first-order valence-corrected chi connectivity index (χ1v) is 13.8. The molecule has 0 unspecified atom stereocenters. The number of piperazine rings is 1. The average Bonchev–Trinajstić information content (AvgIpc) is 2.91. The van der Waals surface area contributed by atoms with Gasteiger partial charge in [-0.25, -0.2) is 0 Å². The average molecular weight is 491 g/mol. The van der Waals surface area contributed by atoms with E-state index in [4.69, 9.17) is 0 Å². The van der Waals surface area contributed by atoms with Gasteiger partial charge >= 0.3 is 0 Å². The van der Waals surface area contributed by atoms with Crippen molar-refractivity contribution in [3.05, 3.63) is 65.2 Å². The number of carbonyl (C=O) groups excluding carboxylic acids is 2. The van der Waals surface area contributed by atoms with Crippen LogP contribution in [0.25, 0.3) is 0 Å². The van der Waals surface area contributed by atoms with Crippen LogP contribution < -0.4 is 10.6 Å². The minimum absolute atomic E-state index is 0.0694. The summed E-state index contributed by atoms with van der Waals surface area (Å²) >= 11 is 0. The second-order valence-corrected chi connectivity index (χ2v) is 10.2. The summed E-state index contributed by atoms with van der Waals surface area (Å²) in [6.45, 7) is 9.24. The summed E-state index contributed by atoms with van der Waals surface area (Å²) in [5.74, 6) is 0.720. The number of anilines is 1. The Morgan fingerprint density at radius 3 is 2.33 bits per heavy atom. The van der Waals surface area contributed by atoms with Gasteiger partial charge in [-0.1, -0.05) is 43.5 Å². The number of nitrogens with zero attached hydrogens (tertiary/aromatic N) is 2. The Labute approximate surface area is 216 Å². The molecular formula is C30H42N4O2. The van der Waals surface area contributed by atoms with E-state index in [0.717, 1.165) is 43.0 Å². The highest BCUT2D eigenvalue weighted by molar-refractivity contribution is 5.94. The third-order valence-electron chi connectivity index (χ3n) is 7.73. The van der Waals surface area contributed by atoms with Gasteiger partial charge in [0.1, 0.15) is 0 Å². The summed E-state index contributed by atoms with van der Waals surface area (Å²) in [4.78, 5) is 29.9. The van der Waals surface area contributed by atoms with E-state index in [2.05, 4.69) is 39.8 Å². The Balaban J connectivity index is 1.54. The van der Waals surface area contributed by atoms with E-state index in [1.165, 1.54) is 37.7 Å². The van der Waals surface area contributed by atoms with E-state index in [9.17, 15) is 9.59 Å². The zero-order valence-corrected chi connectivity index (χ0v) is 22.0. The lowest BCUT2D eigenvalue weighted by Crippen LogP contribution is -2.45. The molecular weight excluding hydrogens is 448 g/mol. The molecule has 0 spiro atoms. The van der Waals surface area contributed by atoms with Gasteiger partial charge in [-0.05, 0) is 68.0 Å². The molecule has 4 rings (SSSR count). The third kappa shape index (κ3) is 6.74. The van der Waals surface area contributed by atoms with Crippen molar-refractivity contribution in [2.75, 3.05) is 44.6 Å². The lowest BCUT2D eigenvalue weighted by atomic mass is 9.87. The molecule has 2 amide bonds. The van der Waals surface area contributed by atoms with Gasteiger partial charge in [-0.2, -0.15) is 0 Å². The number of rotatable bonds is 9. The summed E-state index contributed by atoms with van der Waals surface area (Å²) in [7, 11) is 0. The first kappa shape index (κ1) is 26.4. The summed E-state index contributed by atoms with van der Waals surface area (Å²) in [5, 5.41) is 6.62. The molecule has 0 aromatic heterocycles. The van der Waals surface area contributed by atoms with Crippen molar-refractivity contribution < 1.29 is 9.59 Å². The number of nitrogens with one attached hydrogen (secondary N) is 2. The number of hydrogen-bond acceptors (Lipinski definition) is 4. The molecule has 1 atom stereocenters. The van der Waals surface area contributed by atoms with Crippen molar-refractivity contribution >= 4 is 17.5 Å². The maximum absolute atomic E-state index is 12.8. The molecule has 1 saturated carbocycles. The van der Waals surface area contributed by atoms with E-state index in [1.54, 1.807) is 0 Å². The van der Waals surface area contributed by atoms with Crippen LogP contribution in [0.15, 0.2) is 48.5 Å². The third-order valence-corrected chi connectivity index (χ3v) is 7.73. The van der Waals surface area contributed by atoms with Crippen LogP contribution in [-0.2, 0) is 4.79 Å². The van der Waals surface area contributed by atoms with Crippen molar-refractivity contribution in [3.63, 3.8) is 0 Å². The molecule has 2 fully saturated rings. The molecule has 36 heavy (non-hydrogen) atoms. The predicted octanol–water partition coefficient (Wildman–Crippen LogP) is 5.07. The zero-order chi connectivity index (χ0) is 25.3. The molecule has 2 aliphatic rings. The molecule has 2 aromatic rings. The maximum atomic E-state index is 12.8. The van der Waals surface area contributed by atoms with Crippen molar-refractivity contribution in [3.8, 4) is 0 Å². The molecule has 194 valence electrons. The molecule has 0 radical (unpaired) electrons. The van der Waals surface area contributed by atoms with Gasteiger partial charge < -0.3 is 15.5 Å². The Hall–Kier alpha value is -2.70. The van der Waals surface area contributed by atoms with E-state index in [0.29, 0.717) is 25.4 Å². The quantitative estimate of drug-likeness (QED) is 0.515. The molecule has 1 aliphatic heterocycles. The Morgan fingerprint density at radius 1 is 0.972 bits per heavy atom. The normalized spacial score (nSPS) is 17.9. The summed E-state index contributed by atoms with van der Waals surface area (Å²) in [6.07, 6.45) is 6.76. The summed E-state index contributed by atoms with van der Waals surface area (Å²) in [5.41, 5.74) is 3.92. The molecule has 1 heterocycles. The molecule has 2 aromatic carbocycles. The number of carbonyl (C=O) groups is 2. The van der Waals surface area contributed by atoms with E-state index < -0.39 is 0 Å². The largest absolute Gasteiger partial charge is 0.339 e. The molecule has 6 nitrogen and oxygen atoms in total. The number of benzene rings is 2. The fourth-order valence-electron chi connectivity index (χ4n) is 5.71. The molecule has 0 bridgehead atoms. The van der Waals surface area contributed by atoms with Crippen molar-refractivity contribution in [2.45, 2.75) is 58.4 Å². The fourth-order valence-corrected chi connectivity index (χ4v) is 5.71. The second-order valence-electron chi connectivity index (χ2n) is 10.2. The van der Waals surface area contributed by atoms with Gasteiger partial charge in [0.05, 0.1) is 6.04 Å². The minimum Gasteiger partial charge on any atom is -0.339 e. The lowest BCUT2D eigenvalue weighted by Gasteiger charge is -2.36. The van der Waals surface area contributed by atoms with Gasteiger partial charge in [-0.15, -0.1) is 0 Å². The predicted molar refractivity (Wildman–Crippen MR) is 146 cm³/mol. The van der Waals surface area contributed by atoms with Crippen LogP contribution in [0.5, 0.6) is 0 Å². The van der Waals surface area contributed by atoms with Crippen molar-refractivity contribution in [1.29, 1.82) is 0 Å². The SMILES string of the molecule is CCN(CC)C(=O)c1ccc([C@@H](c2cccc(NC(=O)CC3CCCCC3)c2)N2CCNCC2)cc1. The summed E-state index contributed by atoms with van der Waals surface area (Å²) in [6, 6.07) is 16.5. The lowest BCUT2D eigenvalue weighted by molar-refractivity contribution is -0.117. The molecule has 1 aliphatic carbocycles. The van der Waals surface area contributed by atoms with Crippen LogP contribution in [0.4, 0.5) is 5.69 Å². The Kier molecular flexibility index (Phi) is 9.54. The highest BCUT2D eigenvalue weighted by Crippen LogP contribution is 2.31. The van der Waals surface area contributed by atoms with E-state index in [1.807, 2.05) is 43.0 Å². The Bertz CT molecular complexity index is 990. The topological polar surface area (TPSA) is 64.7 Å². The van der Waals surface area contributed by atoms with Crippen LogP contribution in [0.1, 0.15) is 79.9 Å². The standard InChI is InChI=1S/C30H42N4O2/c1-3-33(4-2)30(36)25-15-13-24(14-16-25)29(34-19-17-31-18-20-34)26-11-8-12-27(22-26)32-28(35)21-23-9-6-5-7-10-23/h8,11-16,22-23,29,31H,3-7,9-10,17-21H2,1-2H3,(H,32,35)/t29-/m0/s1. The van der Waals surface area contributed by atoms with Crippen LogP contribution in [0.3, 0.4) is 0 Å². The first-order valence-electron chi connectivity index (χ1n) is 13.8. The fraction of sp³-hybridized carbons (Fsp3) is 0.533.